The number of rotatable bonds is 11. The van der Waals surface area contributed by atoms with Crippen molar-refractivity contribution >= 4 is 19.3 Å². The van der Waals surface area contributed by atoms with Gasteiger partial charge in [0.25, 0.3) is 0 Å². The van der Waals surface area contributed by atoms with Crippen molar-refractivity contribution in [2.45, 2.75) is 25.9 Å². The molecule has 1 fully saturated rings. The van der Waals surface area contributed by atoms with Gasteiger partial charge in [-0.05, 0) is 17.0 Å². The first kappa shape index (κ1) is 31.4. The third-order valence-electron chi connectivity index (χ3n) is 6.56. The molecule has 0 amide bonds. The van der Waals surface area contributed by atoms with Crippen molar-refractivity contribution in [3.8, 4) is 0 Å². The summed E-state index contributed by atoms with van der Waals surface area (Å²) in [6.07, 6.45) is 0.0448. The van der Waals surface area contributed by atoms with Crippen LogP contribution >= 0.6 is 7.37 Å². The summed E-state index contributed by atoms with van der Waals surface area (Å²) in [6, 6.07) is 7.77. The highest BCUT2D eigenvalue weighted by molar-refractivity contribution is 7.57. The number of benzene rings is 1. The van der Waals surface area contributed by atoms with Gasteiger partial charge in [0.2, 0.25) is 7.37 Å². The van der Waals surface area contributed by atoms with Gasteiger partial charge < -0.3 is 20.2 Å². The number of carbonyl (C=O) groups is 2. The molecule has 0 saturated carbocycles. The Balaban J connectivity index is 2.14. The normalized spacial score (nSPS) is 19.7. The number of hydrogen-bond donors (Lipinski definition) is 4. The number of hydrogen-bond acceptors (Lipinski definition) is 8. The van der Waals surface area contributed by atoms with E-state index in [1.807, 2.05) is 34.1 Å². The largest absolute Gasteiger partial charge is 0.480 e. The molecule has 1 aromatic carbocycles. The van der Waals surface area contributed by atoms with Crippen LogP contribution in [0.15, 0.2) is 24.3 Å². The van der Waals surface area contributed by atoms with E-state index in [0.717, 1.165) is 5.56 Å². The molecule has 0 radical (unpaired) electrons. The lowest BCUT2D eigenvalue weighted by molar-refractivity contribution is -0.140. The lowest BCUT2D eigenvalue weighted by Gasteiger charge is -2.34. The van der Waals surface area contributed by atoms with E-state index in [4.69, 9.17) is 0 Å². The van der Waals surface area contributed by atoms with E-state index in [0.29, 0.717) is 64.8 Å². The summed E-state index contributed by atoms with van der Waals surface area (Å²) in [5.41, 5.74) is 1.97. The van der Waals surface area contributed by atoms with Crippen molar-refractivity contribution in [3.05, 3.63) is 35.4 Å². The molecule has 2 rings (SSSR count). The topological polar surface area (TPSA) is 145 Å². The van der Waals surface area contributed by atoms with Crippen molar-refractivity contribution in [3.63, 3.8) is 0 Å². The lowest BCUT2D eigenvalue weighted by Crippen LogP contribution is -2.48. The Labute approximate surface area is 219 Å². The van der Waals surface area contributed by atoms with E-state index in [1.165, 1.54) is 5.56 Å². The average Bonchev–Trinajstić information content (AvgIpc) is 2.80. The Hall–Kier alpha value is -1.85. The zero-order chi connectivity index (χ0) is 27.4. The molecule has 1 heterocycles. The minimum Gasteiger partial charge on any atom is -0.480 e. The van der Waals surface area contributed by atoms with Crippen molar-refractivity contribution in [2.75, 3.05) is 84.9 Å². The predicted molar refractivity (Wildman–Crippen MR) is 142 cm³/mol. The third-order valence-corrected chi connectivity index (χ3v) is 8.26. The molecule has 37 heavy (non-hydrogen) atoms. The molecule has 0 aromatic heterocycles. The Morgan fingerprint density at radius 2 is 1.24 bits per heavy atom. The van der Waals surface area contributed by atoms with Crippen LogP contribution in [0, 0.1) is 0 Å². The van der Waals surface area contributed by atoms with Crippen LogP contribution in [0.1, 0.15) is 30.9 Å². The molecule has 0 aliphatic carbocycles. The van der Waals surface area contributed by atoms with Crippen LogP contribution in [0.4, 0.5) is 0 Å². The molecular weight excluding hydrogens is 499 g/mol. The quantitative estimate of drug-likeness (QED) is 0.296. The van der Waals surface area contributed by atoms with Crippen LogP contribution in [0.2, 0.25) is 0 Å². The first-order valence-corrected chi connectivity index (χ1v) is 14.8. The van der Waals surface area contributed by atoms with E-state index >= 15 is 0 Å². The number of aliphatic carboxylic acids is 2. The van der Waals surface area contributed by atoms with Gasteiger partial charge >= 0.3 is 11.9 Å². The van der Waals surface area contributed by atoms with Gasteiger partial charge in [0, 0.05) is 58.9 Å². The first-order chi connectivity index (χ1) is 17.5. The smallest absolute Gasteiger partial charge is 0.317 e. The number of carboxylic acids is 2. The summed E-state index contributed by atoms with van der Waals surface area (Å²) in [7, 11) is -3.56. The van der Waals surface area contributed by atoms with Crippen LogP contribution in [0.3, 0.4) is 0 Å². The van der Waals surface area contributed by atoms with Gasteiger partial charge in [-0.25, -0.2) is 0 Å². The van der Waals surface area contributed by atoms with Crippen LogP contribution in [0.5, 0.6) is 0 Å². The molecule has 1 aromatic rings. The highest BCUT2D eigenvalue weighted by atomic mass is 31.2. The Bertz CT molecular complexity index is 900. The second-order valence-electron chi connectivity index (χ2n) is 10.1. The fourth-order valence-electron chi connectivity index (χ4n) is 4.44. The van der Waals surface area contributed by atoms with E-state index in [1.54, 1.807) is 9.80 Å². The Morgan fingerprint density at radius 1 is 0.811 bits per heavy atom. The molecule has 1 aliphatic heterocycles. The maximum Gasteiger partial charge on any atom is 0.317 e. The SMILES string of the molecule is CC(C)c1ccc(CP(=O)(O)CN2CCN(CCO)CCN(CC(=O)O)CCN(CC(=O)O)CC2)cc1. The summed E-state index contributed by atoms with van der Waals surface area (Å²) in [5, 5.41) is 28.1. The highest BCUT2D eigenvalue weighted by Gasteiger charge is 2.25. The van der Waals surface area contributed by atoms with Gasteiger partial charge in [-0.2, -0.15) is 0 Å². The molecule has 1 aliphatic rings. The standard InChI is InChI=1S/C25H43N4O7P/c1-21(2)23-5-3-22(4-6-23)19-37(35,36)20-29-13-8-26(15-16-30)7-9-27(17-24(31)32)10-11-28(12-14-29)18-25(33)34/h3-6,21,30H,7-20H2,1-2H3,(H,31,32)(H,33,34)(H,35,36). The van der Waals surface area contributed by atoms with E-state index < -0.39 is 19.3 Å². The monoisotopic (exact) mass is 542 g/mol. The molecule has 11 nitrogen and oxygen atoms in total. The van der Waals surface area contributed by atoms with Crippen LogP contribution in [-0.4, -0.2) is 137 Å². The zero-order valence-electron chi connectivity index (χ0n) is 22.0. The molecule has 0 spiro atoms. The summed E-state index contributed by atoms with van der Waals surface area (Å²) < 4.78 is 13.2. The average molecular weight is 543 g/mol. The van der Waals surface area contributed by atoms with Gasteiger partial charge in [-0.15, -0.1) is 0 Å². The van der Waals surface area contributed by atoms with Crippen LogP contribution in [-0.2, 0) is 20.3 Å². The molecule has 4 N–H and O–H groups in total. The maximum atomic E-state index is 13.2. The maximum absolute atomic E-state index is 13.2. The summed E-state index contributed by atoms with van der Waals surface area (Å²) in [5.74, 6) is -1.55. The lowest BCUT2D eigenvalue weighted by atomic mass is 10.0. The van der Waals surface area contributed by atoms with Gasteiger partial charge in [0.15, 0.2) is 0 Å². The second-order valence-corrected chi connectivity index (χ2v) is 12.4. The summed E-state index contributed by atoms with van der Waals surface area (Å²) in [6.45, 7) is 7.74. The number of aliphatic hydroxyl groups is 1. The third kappa shape index (κ3) is 12.5. The van der Waals surface area contributed by atoms with Gasteiger partial charge in [-0.3, -0.25) is 33.8 Å². The van der Waals surface area contributed by atoms with Crippen LogP contribution in [0.25, 0.3) is 0 Å². The zero-order valence-corrected chi connectivity index (χ0v) is 22.9. The van der Waals surface area contributed by atoms with Crippen molar-refractivity contribution in [2.24, 2.45) is 0 Å². The molecule has 210 valence electrons. The number of carboxylic acid groups (broad SMARTS) is 2. The molecule has 12 heteroatoms. The van der Waals surface area contributed by atoms with Crippen molar-refractivity contribution < 1.29 is 34.4 Å². The van der Waals surface area contributed by atoms with Gasteiger partial charge in [0.05, 0.1) is 32.1 Å². The Morgan fingerprint density at radius 3 is 1.65 bits per heavy atom. The minimum atomic E-state index is -3.56. The molecule has 0 bridgehead atoms. The van der Waals surface area contributed by atoms with E-state index in [9.17, 15) is 34.4 Å². The summed E-state index contributed by atoms with van der Waals surface area (Å²) >= 11 is 0. The number of nitrogens with zero attached hydrogens (tertiary/aromatic N) is 4. The number of β-amino-alcohol motifs (C(OH)–C–C–N with tert-alkyl or cyclic N) is 1. The van der Waals surface area contributed by atoms with Gasteiger partial charge in [0.1, 0.15) is 0 Å². The Kier molecular flexibility index (Phi) is 13.2. The van der Waals surface area contributed by atoms with Crippen molar-refractivity contribution in [1.82, 2.24) is 19.6 Å². The summed E-state index contributed by atoms with van der Waals surface area (Å²) in [4.78, 5) is 41.0. The molecule has 1 saturated heterocycles. The fourth-order valence-corrected chi connectivity index (χ4v) is 6.23. The predicted octanol–water partition coefficient (Wildman–Crippen LogP) is 0.921. The molecule has 1 atom stereocenters. The van der Waals surface area contributed by atoms with Crippen LogP contribution < -0.4 is 0 Å². The fraction of sp³-hybridized carbons (Fsp3) is 0.680. The van der Waals surface area contributed by atoms with Crippen molar-refractivity contribution in [1.29, 1.82) is 0 Å². The molecular formula is C25H43N4O7P. The minimum absolute atomic E-state index is 0.0159. The second kappa shape index (κ2) is 15.5. The molecule has 1 unspecified atom stereocenters. The van der Waals surface area contributed by atoms with E-state index in [-0.39, 0.29) is 32.1 Å². The first-order valence-electron chi connectivity index (χ1n) is 12.8. The van der Waals surface area contributed by atoms with E-state index in [2.05, 4.69) is 13.8 Å². The highest BCUT2D eigenvalue weighted by Crippen LogP contribution is 2.45. The van der Waals surface area contributed by atoms with Gasteiger partial charge in [-0.1, -0.05) is 38.1 Å². The number of aliphatic hydroxyl groups excluding tert-OH is 1.